The van der Waals surface area contributed by atoms with E-state index in [0.717, 1.165) is 45.7 Å². The molecule has 2 unspecified atom stereocenters. The fourth-order valence-corrected chi connectivity index (χ4v) is 2.88. The summed E-state index contributed by atoms with van der Waals surface area (Å²) in [6.45, 7) is 10.2. The zero-order valence-corrected chi connectivity index (χ0v) is 11.4. The Balaban J connectivity index is 1.93. The Morgan fingerprint density at radius 2 is 1.82 bits per heavy atom. The van der Waals surface area contributed by atoms with E-state index in [1.165, 1.54) is 0 Å². The molecule has 0 N–H and O–H groups in total. The van der Waals surface area contributed by atoms with Gasteiger partial charge in [-0.1, -0.05) is 20.8 Å². The first-order valence-electron chi connectivity index (χ1n) is 7.06. The maximum atomic E-state index is 6.39. The third-order valence-electron chi connectivity index (χ3n) is 4.47. The summed E-state index contributed by atoms with van der Waals surface area (Å²) in [6.07, 6.45) is 4.06. The summed E-state index contributed by atoms with van der Waals surface area (Å²) in [4.78, 5) is 0. The van der Waals surface area contributed by atoms with E-state index in [0.29, 0.717) is 18.1 Å². The zero-order chi connectivity index (χ0) is 12.3. The minimum Gasteiger partial charge on any atom is -0.380 e. The van der Waals surface area contributed by atoms with E-state index in [9.17, 15) is 0 Å². The molecule has 2 saturated heterocycles. The second-order valence-corrected chi connectivity index (χ2v) is 5.49. The second kappa shape index (κ2) is 5.68. The predicted octanol–water partition coefficient (Wildman–Crippen LogP) is 2.63. The van der Waals surface area contributed by atoms with Crippen LogP contribution in [0.15, 0.2) is 0 Å². The topological polar surface area (TPSA) is 27.7 Å². The molecule has 0 radical (unpaired) electrons. The molecule has 2 aliphatic heterocycles. The number of rotatable bonds is 7. The van der Waals surface area contributed by atoms with Crippen molar-refractivity contribution >= 4 is 0 Å². The minimum atomic E-state index is 0.284. The van der Waals surface area contributed by atoms with Gasteiger partial charge in [0.15, 0.2) is 0 Å². The van der Waals surface area contributed by atoms with Crippen molar-refractivity contribution in [1.29, 1.82) is 0 Å². The van der Waals surface area contributed by atoms with E-state index in [2.05, 4.69) is 20.8 Å². The average molecular weight is 242 g/mol. The molecule has 2 heterocycles. The van der Waals surface area contributed by atoms with Crippen molar-refractivity contribution in [2.45, 2.75) is 52.2 Å². The molecule has 0 spiro atoms. The van der Waals surface area contributed by atoms with Crippen LogP contribution in [0.3, 0.4) is 0 Å². The summed E-state index contributed by atoms with van der Waals surface area (Å²) in [5, 5.41) is 0. The smallest absolute Gasteiger partial charge is 0.0676 e. The van der Waals surface area contributed by atoms with Crippen LogP contribution in [0.5, 0.6) is 0 Å². The van der Waals surface area contributed by atoms with E-state index in [4.69, 9.17) is 14.2 Å². The van der Waals surface area contributed by atoms with Crippen LogP contribution in [0.25, 0.3) is 0 Å². The van der Waals surface area contributed by atoms with Crippen molar-refractivity contribution in [3.8, 4) is 0 Å². The Labute approximate surface area is 105 Å². The van der Waals surface area contributed by atoms with Crippen LogP contribution in [0, 0.1) is 11.3 Å². The Bertz CT molecular complexity index is 228. The van der Waals surface area contributed by atoms with Gasteiger partial charge in [-0.05, 0) is 19.3 Å². The SMILES string of the molecule is CCC(OC(CC)C1(CC)COC1)C1COC1. The van der Waals surface area contributed by atoms with Gasteiger partial charge in [0.25, 0.3) is 0 Å². The fourth-order valence-electron chi connectivity index (χ4n) is 2.88. The van der Waals surface area contributed by atoms with Crippen molar-refractivity contribution in [2.75, 3.05) is 26.4 Å². The standard InChI is InChI=1S/C14H26O3/c1-4-12(11-7-15-8-11)17-13(5-2)14(6-3)9-16-10-14/h11-13H,4-10H2,1-3H3. The lowest BCUT2D eigenvalue weighted by atomic mass is 9.76. The van der Waals surface area contributed by atoms with Crippen molar-refractivity contribution in [1.82, 2.24) is 0 Å². The van der Waals surface area contributed by atoms with Gasteiger partial charge in [0, 0.05) is 11.3 Å². The van der Waals surface area contributed by atoms with Gasteiger partial charge in [-0.25, -0.2) is 0 Å². The summed E-state index contributed by atoms with van der Waals surface area (Å²) in [5.41, 5.74) is 0.284. The van der Waals surface area contributed by atoms with Gasteiger partial charge in [-0.3, -0.25) is 0 Å². The fraction of sp³-hybridized carbons (Fsp3) is 1.00. The normalized spacial score (nSPS) is 27.0. The number of hydrogen-bond donors (Lipinski definition) is 0. The van der Waals surface area contributed by atoms with E-state index < -0.39 is 0 Å². The minimum absolute atomic E-state index is 0.284. The molecule has 2 atom stereocenters. The molecule has 17 heavy (non-hydrogen) atoms. The lowest BCUT2D eigenvalue weighted by molar-refractivity contribution is -0.222. The van der Waals surface area contributed by atoms with Crippen molar-refractivity contribution < 1.29 is 14.2 Å². The van der Waals surface area contributed by atoms with Gasteiger partial charge in [0.1, 0.15) is 0 Å². The lowest BCUT2D eigenvalue weighted by Crippen LogP contribution is -2.54. The Morgan fingerprint density at radius 3 is 2.12 bits per heavy atom. The first-order valence-corrected chi connectivity index (χ1v) is 7.06. The quantitative estimate of drug-likeness (QED) is 0.687. The molecule has 3 heteroatoms. The van der Waals surface area contributed by atoms with Crippen LogP contribution in [-0.2, 0) is 14.2 Å². The summed E-state index contributed by atoms with van der Waals surface area (Å²) in [6, 6.07) is 0. The van der Waals surface area contributed by atoms with Crippen LogP contribution in [0.4, 0.5) is 0 Å². The Morgan fingerprint density at radius 1 is 1.12 bits per heavy atom. The highest BCUT2D eigenvalue weighted by Crippen LogP contribution is 2.39. The average Bonchev–Trinajstić information content (AvgIpc) is 2.22. The highest BCUT2D eigenvalue weighted by Gasteiger charge is 2.45. The summed E-state index contributed by atoms with van der Waals surface area (Å²) in [5.74, 6) is 0.615. The maximum Gasteiger partial charge on any atom is 0.0676 e. The van der Waals surface area contributed by atoms with Crippen LogP contribution in [0.2, 0.25) is 0 Å². The third-order valence-corrected chi connectivity index (χ3v) is 4.47. The molecule has 0 aromatic carbocycles. The van der Waals surface area contributed by atoms with E-state index >= 15 is 0 Å². The molecule has 2 aliphatic rings. The van der Waals surface area contributed by atoms with Gasteiger partial charge >= 0.3 is 0 Å². The van der Waals surface area contributed by atoms with E-state index in [-0.39, 0.29) is 5.41 Å². The molecule has 0 saturated carbocycles. The lowest BCUT2D eigenvalue weighted by Gasteiger charge is -2.48. The molecule has 100 valence electrons. The molecule has 2 fully saturated rings. The van der Waals surface area contributed by atoms with Gasteiger partial charge in [-0.15, -0.1) is 0 Å². The third kappa shape index (κ3) is 2.51. The molecule has 2 rings (SSSR count). The molecule has 0 bridgehead atoms. The van der Waals surface area contributed by atoms with Gasteiger partial charge in [0.05, 0.1) is 38.6 Å². The molecule has 3 nitrogen and oxygen atoms in total. The first kappa shape index (κ1) is 13.3. The van der Waals surface area contributed by atoms with Crippen molar-refractivity contribution in [2.24, 2.45) is 11.3 Å². The number of ether oxygens (including phenoxy) is 3. The van der Waals surface area contributed by atoms with Crippen LogP contribution in [-0.4, -0.2) is 38.6 Å². The second-order valence-electron chi connectivity index (χ2n) is 5.49. The highest BCUT2D eigenvalue weighted by molar-refractivity contribution is 4.92. The van der Waals surface area contributed by atoms with Crippen LogP contribution >= 0.6 is 0 Å². The molecule has 0 aromatic rings. The summed E-state index contributed by atoms with van der Waals surface area (Å²) < 4.78 is 17.1. The summed E-state index contributed by atoms with van der Waals surface area (Å²) >= 11 is 0. The maximum absolute atomic E-state index is 6.39. The largest absolute Gasteiger partial charge is 0.380 e. The Hall–Kier alpha value is -0.120. The van der Waals surface area contributed by atoms with E-state index in [1.54, 1.807) is 0 Å². The summed E-state index contributed by atoms with van der Waals surface area (Å²) in [7, 11) is 0. The van der Waals surface area contributed by atoms with Gasteiger partial charge in [0.2, 0.25) is 0 Å². The zero-order valence-electron chi connectivity index (χ0n) is 11.4. The van der Waals surface area contributed by atoms with E-state index in [1.807, 2.05) is 0 Å². The van der Waals surface area contributed by atoms with Crippen molar-refractivity contribution in [3.05, 3.63) is 0 Å². The van der Waals surface area contributed by atoms with Crippen LogP contribution in [0.1, 0.15) is 40.0 Å². The van der Waals surface area contributed by atoms with Crippen molar-refractivity contribution in [3.63, 3.8) is 0 Å². The number of hydrogen-bond acceptors (Lipinski definition) is 3. The van der Waals surface area contributed by atoms with Gasteiger partial charge < -0.3 is 14.2 Å². The van der Waals surface area contributed by atoms with Gasteiger partial charge in [-0.2, -0.15) is 0 Å². The molecular formula is C14H26O3. The monoisotopic (exact) mass is 242 g/mol. The first-order chi connectivity index (χ1) is 8.25. The predicted molar refractivity (Wildman–Crippen MR) is 67.1 cm³/mol. The molecular weight excluding hydrogens is 216 g/mol. The van der Waals surface area contributed by atoms with Crippen LogP contribution < -0.4 is 0 Å². The molecule has 0 amide bonds. The Kier molecular flexibility index (Phi) is 4.45. The highest BCUT2D eigenvalue weighted by atomic mass is 16.5. The molecule has 0 aliphatic carbocycles. The molecule has 0 aromatic heterocycles.